The third-order valence-electron chi connectivity index (χ3n) is 3.09. The van der Waals surface area contributed by atoms with Crippen molar-refractivity contribution in [1.82, 2.24) is 0 Å². The molecule has 0 spiro atoms. The van der Waals surface area contributed by atoms with Crippen LogP contribution in [0, 0.1) is 23.3 Å². The lowest BCUT2D eigenvalue weighted by molar-refractivity contribution is 0.0711. The van der Waals surface area contributed by atoms with Crippen LogP contribution >= 0.6 is 0 Å². The minimum atomic E-state index is -1.65. The molecule has 0 unspecified atom stereocenters. The maximum atomic E-state index is 13.7. The average molecular weight is 328 g/mol. The molecule has 0 aromatic heterocycles. The summed E-state index contributed by atoms with van der Waals surface area (Å²) in [7, 11) is 0.884. The highest BCUT2D eigenvalue weighted by Gasteiger charge is 2.26. The second kappa shape index (κ2) is 7.23. The molecule has 0 radical (unpaired) electrons. The van der Waals surface area contributed by atoms with Gasteiger partial charge in [0.1, 0.15) is 6.61 Å². The Morgan fingerprint density at radius 1 is 0.957 bits per heavy atom. The Labute approximate surface area is 129 Å². The van der Waals surface area contributed by atoms with E-state index in [-0.39, 0.29) is 0 Å². The van der Waals surface area contributed by atoms with Crippen LogP contribution in [0.5, 0.6) is 5.75 Å². The largest absolute Gasteiger partial charge is 0.491 e. The summed E-state index contributed by atoms with van der Waals surface area (Å²) in [5.41, 5.74) is -0.595. The zero-order valence-electron chi connectivity index (χ0n) is 12.0. The van der Waals surface area contributed by atoms with E-state index in [0.29, 0.717) is 5.56 Å². The zero-order valence-corrected chi connectivity index (χ0v) is 12.0. The van der Waals surface area contributed by atoms with Gasteiger partial charge in [-0.1, -0.05) is 30.3 Å². The summed E-state index contributed by atoms with van der Waals surface area (Å²) in [6, 6.07) is 8.08. The van der Waals surface area contributed by atoms with Gasteiger partial charge < -0.3 is 9.47 Å². The topological polar surface area (TPSA) is 35.5 Å². The molecule has 0 heterocycles. The van der Waals surface area contributed by atoms with Gasteiger partial charge in [0.15, 0.2) is 23.2 Å². The Bertz CT molecular complexity index is 688. The molecule has 0 aliphatic rings. The van der Waals surface area contributed by atoms with Crippen LogP contribution in [-0.4, -0.2) is 19.5 Å². The van der Waals surface area contributed by atoms with Gasteiger partial charge >= 0.3 is 0 Å². The molecule has 0 saturated carbocycles. The van der Waals surface area contributed by atoms with E-state index >= 15 is 0 Å². The highest BCUT2D eigenvalue weighted by molar-refractivity contribution is 5.96. The zero-order chi connectivity index (χ0) is 17.0. The molecule has 0 fully saturated rings. The highest BCUT2D eigenvalue weighted by atomic mass is 19.2. The number of Topliss-reactive ketones (excluding diaryl/α,β-unsaturated/α-hetero) is 1. The smallest absolute Gasteiger partial charge is 0.204 e. The van der Waals surface area contributed by atoms with E-state index in [0.717, 1.165) is 7.11 Å². The third-order valence-corrected chi connectivity index (χ3v) is 3.09. The molecule has 0 aliphatic heterocycles. The Morgan fingerprint density at radius 2 is 1.52 bits per heavy atom. The molecule has 0 N–H and O–H groups in total. The summed E-state index contributed by atoms with van der Waals surface area (Å²) in [6.45, 7) is -1.29. The van der Waals surface area contributed by atoms with E-state index in [9.17, 15) is 22.4 Å². The Kier molecular flexibility index (Phi) is 5.33. The van der Waals surface area contributed by atoms with E-state index in [1.807, 2.05) is 0 Å². The molecule has 0 bridgehead atoms. The number of carbonyl (C=O) groups excluding carboxylic acids is 1. The van der Waals surface area contributed by atoms with E-state index in [2.05, 4.69) is 4.74 Å². The summed E-state index contributed by atoms with van der Waals surface area (Å²) >= 11 is 0. The van der Waals surface area contributed by atoms with E-state index in [1.54, 1.807) is 30.3 Å². The third kappa shape index (κ3) is 3.50. The minimum absolute atomic E-state index is 0.348. The lowest BCUT2D eigenvalue weighted by atomic mass is 10.1. The van der Waals surface area contributed by atoms with Gasteiger partial charge in [-0.15, -0.1) is 0 Å². The van der Waals surface area contributed by atoms with Crippen LogP contribution < -0.4 is 4.74 Å². The van der Waals surface area contributed by atoms with Crippen molar-refractivity contribution >= 4 is 5.78 Å². The van der Waals surface area contributed by atoms with Crippen molar-refractivity contribution in [2.45, 2.75) is 6.61 Å². The highest BCUT2D eigenvalue weighted by Crippen LogP contribution is 2.30. The monoisotopic (exact) mass is 328 g/mol. The van der Waals surface area contributed by atoms with Crippen LogP contribution in [0.1, 0.15) is 15.9 Å². The van der Waals surface area contributed by atoms with Crippen molar-refractivity contribution in [2.75, 3.05) is 13.7 Å². The van der Waals surface area contributed by atoms with Gasteiger partial charge in [0.2, 0.25) is 11.6 Å². The molecule has 2 aromatic carbocycles. The lowest BCUT2D eigenvalue weighted by Crippen LogP contribution is -2.12. The Morgan fingerprint density at radius 3 is 2.04 bits per heavy atom. The van der Waals surface area contributed by atoms with Crippen LogP contribution in [0.15, 0.2) is 30.3 Å². The van der Waals surface area contributed by atoms with E-state index in [1.165, 1.54) is 0 Å². The number of ether oxygens (including phenoxy) is 2. The van der Waals surface area contributed by atoms with Gasteiger partial charge in [0, 0.05) is 5.56 Å². The molecule has 0 amide bonds. The fraction of sp³-hybridized carbons (Fsp3) is 0.188. The molecular weight excluding hydrogens is 316 g/mol. The van der Waals surface area contributed by atoms with Gasteiger partial charge in [-0.2, -0.15) is 8.78 Å². The average Bonchev–Trinajstić information content (AvgIpc) is 2.57. The van der Waals surface area contributed by atoms with Crippen molar-refractivity contribution < 1.29 is 31.8 Å². The number of carbonyl (C=O) groups is 1. The van der Waals surface area contributed by atoms with Crippen LogP contribution in [0.4, 0.5) is 17.6 Å². The van der Waals surface area contributed by atoms with Crippen molar-refractivity contribution in [3.8, 4) is 5.75 Å². The Balaban J connectivity index is 2.11. The predicted octanol–water partition coefficient (Wildman–Crippen LogP) is 3.65. The summed E-state index contributed by atoms with van der Waals surface area (Å²) in [4.78, 5) is 11.8. The summed E-state index contributed by atoms with van der Waals surface area (Å²) in [5, 5.41) is 0. The number of hydrogen-bond acceptors (Lipinski definition) is 3. The van der Waals surface area contributed by atoms with Crippen molar-refractivity contribution in [3.05, 3.63) is 64.7 Å². The maximum Gasteiger partial charge on any atom is 0.204 e. The molecular formula is C16H12F4O3. The molecule has 0 saturated heterocycles. The molecule has 7 heteroatoms. The van der Waals surface area contributed by atoms with Crippen LogP contribution in [-0.2, 0) is 11.3 Å². The first kappa shape index (κ1) is 17.0. The number of rotatable bonds is 6. The van der Waals surface area contributed by atoms with Gasteiger partial charge in [-0.3, -0.25) is 4.79 Å². The van der Waals surface area contributed by atoms with Gasteiger partial charge in [0.25, 0.3) is 0 Å². The van der Waals surface area contributed by atoms with Crippen LogP contribution in [0.25, 0.3) is 0 Å². The Hall–Kier alpha value is -2.41. The first-order valence-corrected chi connectivity index (χ1v) is 6.52. The minimum Gasteiger partial charge on any atom is -0.491 e. The van der Waals surface area contributed by atoms with Crippen molar-refractivity contribution in [1.29, 1.82) is 0 Å². The molecule has 0 atom stereocenters. The first-order valence-electron chi connectivity index (χ1n) is 6.52. The second-order valence-corrected chi connectivity index (χ2v) is 4.55. The second-order valence-electron chi connectivity index (χ2n) is 4.55. The lowest BCUT2D eigenvalue weighted by Gasteiger charge is -2.11. The van der Waals surface area contributed by atoms with Gasteiger partial charge in [-0.05, 0) is 0 Å². The normalized spacial score (nSPS) is 10.7. The number of hydrogen-bond donors (Lipinski definition) is 0. The van der Waals surface area contributed by atoms with Gasteiger partial charge in [-0.25, -0.2) is 8.78 Å². The SMILES string of the molecule is COc1c(F)c(F)c(COCC(=O)c2ccccc2)c(F)c1F. The first-order chi connectivity index (χ1) is 11.0. The number of benzene rings is 2. The van der Waals surface area contributed by atoms with Crippen molar-refractivity contribution in [2.24, 2.45) is 0 Å². The van der Waals surface area contributed by atoms with Crippen molar-refractivity contribution in [3.63, 3.8) is 0 Å². The molecule has 2 rings (SSSR count). The molecule has 3 nitrogen and oxygen atoms in total. The molecule has 122 valence electrons. The number of methoxy groups -OCH3 is 1. The summed E-state index contributed by atoms with van der Waals surface area (Å²) in [6.07, 6.45) is 0. The fourth-order valence-electron chi connectivity index (χ4n) is 1.92. The maximum absolute atomic E-state index is 13.7. The van der Waals surface area contributed by atoms with E-state index in [4.69, 9.17) is 4.74 Å². The fourth-order valence-corrected chi connectivity index (χ4v) is 1.92. The number of halogens is 4. The van der Waals surface area contributed by atoms with E-state index < -0.39 is 53.6 Å². The molecule has 0 aliphatic carbocycles. The number of ketones is 1. The molecule has 2 aromatic rings. The standard InChI is InChI=1S/C16H12F4O3/c1-22-16-14(19)12(17)10(13(18)15(16)20)7-23-8-11(21)9-5-3-2-4-6-9/h2-6H,7-8H2,1H3. The van der Waals surface area contributed by atoms with Crippen LogP contribution in [0.3, 0.4) is 0 Å². The predicted molar refractivity (Wildman–Crippen MR) is 73.3 cm³/mol. The summed E-state index contributed by atoms with van der Waals surface area (Å²) in [5.74, 6) is -8.12. The van der Waals surface area contributed by atoms with Crippen LogP contribution in [0.2, 0.25) is 0 Å². The quantitative estimate of drug-likeness (QED) is 0.461. The summed E-state index contributed by atoms with van der Waals surface area (Å²) < 4.78 is 63.6. The molecule has 23 heavy (non-hydrogen) atoms. The van der Waals surface area contributed by atoms with Gasteiger partial charge in [0.05, 0.1) is 19.3 Å².